The number of piperazine rings is 1. The van der Waals surface area contributed by atoms with E-state index in [0.29, 0.717) is 0 Å². The van der Waals surface area contributed by atoms with E-state index in [1.165, 1.54) is 52.2 Å². The molecule has 1 unspecified atom stereocenters. The Labute approximate surface area is 93.8 Å². The Kier molecular flexibility index (Phi) is 4.00. The zero-order chi connectivity index (χ0) is 10.7. The molecule has 15 heavy (non-hydrogen) atoms. The lowest BCUT2D eigenvalue weighted by molar-refractivity contribution is 0.0988. The first-order valence-electron chi connectivity index (χ1n) is 6.43. The van der Waals surface area contributed by atoms with E-state index >= 15 is 0 Å². The molecule has 2 fully saturated rings. The number of nitrogens with zero attached hydrogens (tertiary/aromatic N) is 2. The molecule has 2 aliphatic heterocycles. The van der Waals surface area contributed by atoms with Crippen LogP contribution in [0, 0.1) is 5.92 Å². The highest BCUT2D eigenvalue weighted by Gasteiger charge is 2.22. The molecule has 88 valence electrons. The van der Waals surface area contributed by atoms with Crippen LogP contribution in [-0.4, -0.2) is 61.7 Å². The minimum absolute atomic E-state index is 0.722. The molecule has 2 rings (SSSR count). The molecule has 2 aliphatic rings. The van der Waals surface area contributed by atoms with Crippen molar-refractivity contribution in [1.82, 2.24) is 15.1 Å². The zero-order valence-corrected chi connectivity index (χ0v) is 10.2. The van der Waals surface area contributed by atoms with Gasteiger partial charge in [0.1, 0.15) is 0 Å². The van der Waals surface area contributed by atoms with Gasteiger partial charge in [-0.1, -0.05) is 0 Å². The van der Waals surface area contributed by atoms with Crippen LogP contribution >= 0.6 is 0 Å². The van der Waals surface area contributed by atoms with Gasteiger partial charge in [-0.25, -0.2) is 0 Å². The highest BCUT2D eigenvalue weighted by molar-refractivity contribution is 4.79. The predicted octanol–water partition coefficient (Wildman–Crippen LogP) is 0.622. The van der Waals surface area contributed by atoms with E-state index in [-0.39, 0.29) is 0 Å². The summed E-state index contributed by atoms with van der Waals surface area (Å²) in [6.07, 6.45) is 1.38. The minimum Gasteiger partial charge on any atom is -0.316 e. The summed E-state index contributed by atoms with van der Waals surface area (Å²) in [6.45, 7) is 13.5. The van der Waals surface area contributed by atoms with Gasteiger partial charge in [0, 0.05) is 38.8 Å². The van der Waals surface area contributed by atoms with Gasteiger partial charge >= 0.3 is 0 Å². The van der Waals surface area contributed by atoms with Crippen LogP contribution in [0.3, 0.4) is 0 Å². The van der Waals surface area contributed by atoms with Crippen LogP contribution in [0.2, 0.25) is 0 Å². The average Bonchev–Trinajstić information content (AvgIpc) is 2.71. The van der Waals surface area contributed by atoms with Crippen molar-refractivity contribution in [1.29, 1.82) is 0 Å². The van der Waals surface area contributed by atoms with E-state index < -0.39 is 0 Å². The average molecular weight is 211 g/mol. The van der Waals surface area contributed by atoms with Crippen molar-refractivity contribution in [3.05, 3.63) is 0 Å². The van der Waals surface area contributed by atoms with E-state index in [2.05, 4.69) is 29.0 Å². The van der Waals surface area contributed by atoms with Gasteiger partial charge in [0.15, 0.2) is 0 Å². The van der Waals surface area contributed by atoms with Crippen molar-refractivity contribution in [2.24, 2.45) is 5.92 Å². The fraction of sp³-hybridized carbons (Fsp3) is 1.00. The molecule has 0 radical (unpaired) electrons. The zero-order valence-electron chi connectivity index (χ0n) is 10.2. The van der Waals surface area contributed by atoms with Crippen LogP contribution in [0.5, 0.6) is 0 Å². The summed E-state index contributed by atoms with van der Waals surface area (Å²) in [5.74, 6) is 0.913. The third-order valence-electron chi connectivity index (χ3n) is 3.82. The fourth-order valence-corrected chi connectivity index (χ4v) is 2.70. The normalized spacial score (nSPS) is 30.2. The van der Waals surface area contributed by atoms with Crippen LogP contribution in [-0.2, 0) is 0 Å². The summed E-state index contributed by atoms with van der Waals surface area (Å²) in [4.78, 5) is 5.24. The molecule has 0 bridgehead atoms. The third kappa shape index (κ3) is 3.16. The summed E-state index contributed by atoms with van der Waals surface area (Å²) in [7, 11) is 0. The molecule has 3 nitrogen and oxygen atoms in total. The minimum atomic E-state index is 0.722. The van der Waals surface area contributed by atoms with Crippen molar-refractivity contribution < 1.29 is 0 Å². The molecule has 3 heteroatoms. The lowest BCUT2D eigenvalue weighted by Gasteiger charge is -2.37. The van der Waals surface area contributed by atoms with Crippen molar-refractivity contribution in [2.45, 2.75) is 26.3 Å². The Morgan fingerprint density at radius 3 is 2.47 bits per heavy atom. The molecule has 0 aromatic heterocycles. The molecule has 0 amide bonds. The predicted molar refractivity (Wildman–Crippen MR) is 64.1 cm³/mol. The van der Waals surface area contributed by atoms with Gasteiger partial charge in [-0.05, 0) is 39.3 Å². The Morgan fingerprint density at radius 1 is 1.20 bits per heavy atom. The van der Waals surface area contributed by atoms with Crippen molar-refractivity contribution >= 4 is 0 Å². The lowest BCUT2D eigenvalue weighted by Crippen LogP contribution is -2.50. The maximum Gasteiger partial charge on any atom is 0.0113 e. The van der Waals surface area contributed by atoms with Crippen LogP contribution in [0.4, 0.5) is 0 Å². The fourth-order valence-electron chi connectivity index (χ4n) is 2.70. The standard InChI is InChI=1S/C12H25N3/c1-11(2)15-7-5-14(6-8-15)10-12-3-4-13-9-12/h11-13H,3-10H2,1-2H3. The maximum atomic E-state index is 3.45. The molecule has 0 aliphatic carbocycles. The van der Waals surface area contributed by atoms with Crippen molar-refractivity contribution in [3.63, 3.8) is 0 Å². The molecule has 1 N–H and O–H groups in total. The first-order valence-corrected chi connectivity index (χ1v) is 6.43. The molecule has 2 heterocycles. The smallest absolute Gasteiger partial charge is 0.0113 e. The van der Waals surface area contributed by atoms with Crippen LogP contribution in [0.25, 0.3) is 0 Å². The van der Waals surface area contributed by atoms with E-state index in [4.69, 9.17) is 0 Å². The lowest BCUT2D eigenvalue weighted by atomic mass is 10.1. The summed E-state index contributed by atoms with van der Waals surface area (Å²) in [5.41, 5.74) is 0. The number of hydrogen-bond acceptors (Lipinski definition) is 3. The summed E-state index contributed by atoms with van der Waals surface area (Å²) in [5, 5.41) is 3.45. The van der Waals surface area contributed by atoms with Crippen molar-refractivity contribution in [3.8, 4) is 0 Å². The molecule has 0 saturated carbocycles. The molecule has 2 saturated heterocycles. The molecular weight excluding hydrogens is 186 g/mol. The number of nitrogens with one attached hydrogen (secondary N) is 1. The Balaban J connectivity index is 1.68. The Hall–Kier alpha value is -0.120. The topological polar surface area (TPSA) is 18.5 Å². The molecular formula is C12H25N3. The Bertz CT molecular complexity index is 179. The second kappa shape index (κ2) is 5.28. The molecule has 0 aromatic carbocycles. The second-order valence-electron chi connectivity index (χ2n) is 5.29. The highest BCUT2D eigenvalue weighted by atomic mass is 15.3. The number of hydrogen-bond donors (Lipinski definition) is 1. The van der Waals surface area contributed by atoms with E-state index in [1.807, 2.05) is 0 Å². The van der Waals surface area contributed by atoms with Crippen LogP contribution in [0.15, 0.2) is 0 Å². The quantitative estimate of drug-likeness (QED) is 0.738. The van der Waals surface area contributed by atoms with Gasteiger partial charge in [-0.3, -0.25) is 4.90 Å². The molecule has 0 spiro atoms. The summed E-state index contributed by atoms with van der Waals surface area (Å²) < 4.78 is 0. The van der Waals surface area contributed by atoms with E-state index in [9.17, 15) is 0 Å². The molecule has 0 aromatic rings. The van der Waals surface area contributed by atoms with E-state index in [0.717, 1.165) is 12.0 Å². The summed E-state index contributed by atoms with van der Waals surface area (Å²) >= 11 is 0. The first kappa shape index (κ1) is 11.4. The monoisotopic (exact) mass is 211 g/mol. The van der Waals surface area contributed by atoms with Gasteiger partial charge < -0.3 is 10.2 Å². The SMILES string of the molecule is CC(C)N1CCN(CC2CCNC2)CC1. The van der Waals surface area contributed by atoms with Crippen LogP contribution in [0.1, 0.15) is 20.3 Å². The van der Waals surface area contributed by atoms with Gasteiger partial charge in [0.05, 0.1) is 0 Å². The first-order chi connectivity index (χ1) is 7.25. The molecule has 1 atom stereocenters. The maximum absolute atomic E-state index is 3.45. The largest absolute Gasteiger partial charge is 0.316 e. The second-order valence-corrected chi connectivity index (χ2v) is 5.29. The van der Waals surface area contributed by atoms with Crippen LogP contribution < -0.4 is 5.32 Å². The van der Waals surface area contributed by atoms with Gasteiger partial charge in [0.2, 0.25) is 0 Å². The third-order valence-corrected chi connectivity index (χ3v) is 3.82. The highest BCUT2D eigenvalue weighted by Crippen LogP contribution is 2.12. The number of rotatable bonds is 3. The Morgan fingerprint density at radius 2 is 1.93 bits per heavy atom. The van der Waals surface area contributed by atoms with Crippen molar-refractivity contribution in [2.75, 3.05) is 45.8 Å². The van der Waals surface area contributed by atoms with E-state index in [1.54, 1.807) is 0 Å². The van der Waals surface area contributed by atoms with Gasteiger partial charge in [0.25, 0.3) is 0 Å². The summed E-state index contributed by atoms with van der Waals surface area (Å²) in [6, 6.07) is 0.722. The van der Waals surface area contributed by atoms with Gasteiger partial charge in [-0.15, -0.1) is 0 Å². The van der Waals surface area contributed by atoms with Gasteiger partial charge in [-0.2, -0.15) is 0 Å².